The molecule has 1 aliphatic rings. The molecule has 0 unspecified atom stereocenters. The first-order valence-corrected chi connectivity index (χ1v) is 8.77. The third kappa shape index (κ3) is 3.75. The normalized spacial score (nSPS) is 20.2. The van der Waals surface area contributed by atoms with Gasteiger partial charge in [0.25, 0.3) is 5.91 Å². The third-order valence-electron chi connectivity index (χ3n) is 4.06. The Balaban J connectivity index is 1.94. The zero-order valence-electron chi connectivity index (χ0n) is 12.6. The van der Waals surface area contributed by atoms with Crippen LogP contribution in [0.25, 0.3) is 0 Å². The van der Waals surface area contributed by atoms with Crippen molar-refractivity contribution in [1.29, 1.82) is 0 Å². The minimum absolute atomic E-state index is 0.0543. The van der Waals surface area contributed by atoms with E-state index in [0.29, 0.717) is 12.2 Å². The van der Waals surface area contributed by atoms with Crippen LogP contribution in [0.4, 0.5) is 0 Å². The molecule has 0 bridgehead atoms. The summed E-state index contributed by atoms with van der Waals surface area (Å²) in [6.45, 7) is 3.86. The number of carbonyl (C=O) groups excluding carboxylic acids is 1. The summed E-state index contributed by atoms with van der Waals surface area (Å²) in [5.41, 5.74) is 2.12. The van der Waals surface area contributed by atoms with Crippen molar-refractivity contribution in [1.82, 2.24) is 4.90 Å². The van der Waals surface area contributed by atoms with Crippen molar-refractivity contribution in [2.75, 3.05) is 25.2 Å². The number of rotatable bonds is 4. The summed E-state index contributed by atoms with van der Waals surface area (Å²) in [7, 11) is -1.35. The Bertz CT molecular complexity index is 639. The van der Waals surface area contributed by atoms with Crippen molar-refractivity contribution in [3.8, 4) is 5.75 Å². The zero-order chi connectivity index (χ0) is 15.6. The standard InChI is InChI=1S/C15H21NO4S/c1-11-5-4-6-14(12(11)2)20-9-15(17)16(3)13-7-8-21(18,19)10-13/h4-6,13H,7-10H2,1-3H3/t13-/m1/s1. The lowest BCUT2D eigenvalue weighted by Crippen LogP contribution is -2.40. The Morgan fingerprint density at radius 1 is 1.38 bits per heavy atom. The van der Waals surface area contributed by atoms with E-state index in [1.165, 1.54) is 4.90 Å². The number of carbonyl (C=O) groups is 1. The highest BCUT2D eigenvalue weighted by Crippen LogP contribution is 2.21. The molecule has 1 fully saturated rings. The molecule has 0 aromatic heterocycles. The molecule has 116 valence electrons. The van der Waals surface area contributed by atoms with Crippen molar-refractivity contribution in [2.45, 2.75) is 26.3 Å². The van der Waals surface area contributed by atoms with E-state index in [9.17, 15) is 13.2 Å². The number of likely N-dealkylation sites (N-methyl/N-ethyl adjacent to an activating group) is 1. The summed E-state index contributed by atoms with van der Waals surface area (Å²) in [6, 6.07) is 5.47. The van der Waals surface area contributed by atoms with Gasteiger partial charge in [-0.2, -0.15) is 0 Å². The van der Waals surface area contributed by atoms with E-state index in [-0.39, 0.29) is 30.1 Å². The van der Waals surface area contributed by atoms with Gasteiger partial charge in [-0.15, -0.1) is 0 Å². The first kappa shape index (κ1) is 15.8. The van der Waals surface area contributed by atoms with Crippen LogP contribution in [-0.4, -0.2) is 50.4 Å². The van der Waals surface area contributed by atoms with E-state index in [2.05, 4.69) is 0 Å². The maximum atomic E-state index is 12.1. The van der Waals surface area contributed by atoms with Crippen molar-refractivity contribution in [3.05, 3.63) is 29.3 Å². The highest BCUT2D eigenvalue weighted by Gasteiger charge is 2.32. The molecule has 0 radical (unpaired) electrons. The second kappa shape index (κ2) is 6.05. The Morgan fingerprint density at radius 3 is 2.71 bits per heavy atom. The van der Waals surface area contributed by atoms with Crippen molar-refractivity contribution >= 4 is 15.7 Å². The van der Waals surface area contributed by atoms with E-state index in [1.54, 1.807) is 7.05 Å². The van der Waals surface area contributed by atoms with Gasteiger partial charge in [-0.3, -0.25) is 4.79 Å². The first-order chi connectivity index (χ1) is 9.80. The Morgan fingerprint density at radius 2 is 2.10 bits per heavy atom. The van der Waals surface area contributed by atoms with Crippen LogP contribution >= 0.6 is 0 Å². The second-order valence-electron chi connectivity index (χ2n) is 5.55. The molecule has 1 aliphatic heterocycles. The monoisotopic (exact) mass is 311 g/mol. The first-order valence-electron chi connectivity index (χ1n) is 6.95. The molecule has 1 aromatic rings. The predicted octanol–water partition coefficient (Wildman–Crippen LogP) is 1.33. The van der Waals surface area contributed by atoms with Crippen LogP contribution in [0.2, 0.25) is 0 Å². The summed E-state index contributed by atoms with van der Waals surface area (Å²) in [5.74, 6) is 0.708. The van der Waals surface area contributed by atoms with Crippen LogP contribution in [0.1, 0.15) is 17.5 Å². The molecule has 2 rings (SSSR count). The molecule has 6 heteroatoms. The highest BCUT2D eigenvalue weighted by molar-refractivity contribution is 7.91. The zero-order valence-corrected chi connectivity index (χ0v) is 13.4. The summed E-state index contributed by atoms with van der Waals surface area (Å²) in [4.78, 5) is 13.6. The van der Waals surface area contributed by atoms with Gasteiger partial charge in [-0.05, 0) is 37.5 Å². The fourth-order valence-electron chi connectivity index (χ4n) is 2.41. The lowest BCUT2D eigenvalue weighted by molar-refractivity contribution is -0.133. The number of benzene rings is 1. The number of hydrogen-bond acceptors (Lipinski definition) is 4. The Hall–Kier alpha value is -1.56. The maximum Gasteiger partial charge on any atom is 0.260 e. The molecule has 1 aromatic carbocycles. The van der Waals surface area contributed by atoms with Gasteiger partial charge in [0.05, 0.1) is 11.5 Å². The van der Waals surface area contributed by atoms with E-state index in [1.807, 2.05) is 32.0 Å². The lowest BCUT2D eigenvalue weighted by atomic mass is 10.1. The van der Waals surface area contributed by atoms with E-state index in [0.717, 1.165) is 11.1 Å². The van der Waals surface area contributed by atoms with Crippen LogP contribution in [0.5, 0.6) is 5.75 Å². The number of ether oxygens (including phenoxy) is 1. The smallest absolute Gasteiger partial charge is 0.260 e. The molecule has 1 amide bonds. The summed E-state index contributed by atoms with van der Waals surface area (Å²) < 4.78 is 28.5. The predicted molar refractivity (Wildman–Crippen MR) is 81.2 cm³/mol. The van der Waals surface area contributed by atoms with E-state index >= 15 is 0 Å². The molecular weight excluding hydrogens is 290 g/mol. The van der Waals surface area contributed by atoms with E-state index < -0.39 is 9.84 Å². The van der Waals surface area contributed by atoms with Crippen LogP contribution in [0, 0.1) is 13.8 Å². The van der Waals surface area contributed by atoms with Crippen molar-refractivity contribution < 1.29 is 17.9 Å². The highest BCUT2D eigenvalue weighted by atomic mass is 32.2. The maximum absolute atomic E-state index is 12.1. The Kier molecular flexibility index (Phi) is 4.56. The average molecular weight is 311 g/mol. The minimum Gasteiger partial charge on any atom is -0.483 e. The van der Waals surface area contributed by atoms with Gasteiger partial charge in [0.1, 0.15) is 5.75 Å². The molecule has 21 heavy (non-hydrogen) atoms. The fraction of sp³-hybridized carbons (Fsp3) is 0.533. The van der Waals surface area contributed by atoms with Gasteiger partial charge in [0, 0.05) is 13.1 Å². The summed E-state index contributed by atoms with van der Waals surface area (Å²) in [5, 5.41) is 0. The van der Waals surface area contributed by atoms with Gasteiger partial charge >= 0.3 is 0 Å². The van der Waals surface area contributed by atoms with Crippen LogP contribution in [0.3, 0.4) is 0 Å². The van der Waals surface area contributed by atoms with Gasteiger partial charge in [0.2, 0.25) is 0 Å². The SMILES string of the molecule is Cc1cccc(OCC(=O)N(C)[C@@H]2CCS(=O)(=O)C2)c1C. The molecule has 1 atom stereocenters. The number of amides is 1. The van der Waals surface area contributed by atoms with Crippen molar-refractivity contribution in [3.63, 3.8) is 0 Å². The number of hydrogen-bond donors (Lipinski definition) is 0. The Labute approximate surface area is 125 Å². The van der Waals surface area contributed by atoms with Gasteiger partial charge < -0.3 is 9.64 Å². The van der Waals surface area contributed by atoms with Crippen molar-refractivity contribution in [2.24, 2.45) is 0 Å². The van der Waals surface area contributed by atoms with Gasteiger partial charge in [0.15, 0.2) is 16.4 Å². The fourth-order valence-corrected chi connectivity index (χ4v) is 4.18. The van der Waals surface area contributed by atoms with Gasteiger partial charge in [-0.1, -0.05) is 12.1 Å². The van der Waals surface area contributed by atoms with Crippen LogP contribution in [0.15, 0.2) is 18.2 Å². The van der Waals surface area contributed by atoms with E-state index in [4.69, 9.17) is 4.74 Å². The topological polar surface area (TPSA) is 63.7 Å². The largest absolute Gasteiger partial charge is 0.483 e. The molecule has 1 saturated heterocycles. The molecular formula is C15H21NO4S. The quantitative estimate of drug-likeness (QED) is 0.841. The third-order valence-corrected chi connectivity index (χ3v) is 5.81. The second-order valence-corrected chi connectivity index (χ2v) is 7.78. The average Bonchev–Trinajstić information content (AvgIpc) is 2.79. The summed E-state index contributed by atoms with van der Waals surface area (Å²) >= 11 is 0. The minimum atomic E-state index is -2.99. The number of sulfone groups is 1. The lowest BCUT2D eigenvalue weighted by Gasteiger charge is -2.23. The summed E-state index contributed by atoms with van der Waals surface area (Å²) in [6.07, 6.45) is 0.508. The van der Waals surface area contributed by atoms with Crippen LogP contribution < -0.4 is 4.74 Å². The number of aryl methyl sites for hydroxylation is 1. The molecule has 5 nitrogen and oxygen atoms in total. The molecule has 1 heterocycles. The molecule has 0 N–H and O–H groups in total. The number of nitrogens with zero attached hydrogens (tertiary/aromatic N) is 1. The van der Waals surface area contributed by atoms with Crippen LogP contribution in [-0.2, 0) is 14.6 Å². The molecule has 0 aliphatic carbocycles. The molecule has 0 spiro atoms. The van der Waals surface area contributed by atoms with Gasteiger partial charge in [-0.25, -0.2) is 8.42 Å². The molecule has 0 saturated carbocycles.